The Morgan fingerprint density at radius 3 is 2.48 bits per heavy atom. The molecular formula is C22H16N4O. The van der Waals surface area contributed by atoms with Gasteiger partial charge in [0.2, 0.25) is 0 Å². The lowest BCUT2D eigenvalue weighted by atomic mass is 10.1. The molecule has 4 rings (SSSR count). The molecule has 2 heterocycles. The monoisotopic (exact) mass is 352 g/mol. The molecule has 0 saturated heterocycles. The standard InChI is InChI=1S/C22H16N4O/c23-14-17-9-11-18(12-10-17)22(27)26(19-6-2-1-3-7-19)16-20-15-24-21-8-4-5-13-25(20)21/h1-13,15H,16H2. The highest BCUT2D eigenvalue weighted by Crippen LogP contribution is 2.21. The van der Waals surface area contributed by atoms with Crippen molar-refractivity contribution in [3.8, 4) is 6.07 Å². The first-order valence-electron chi connectivity index (χ1n) is 8.54. The summed E-state index contributed by atoms with van der Waals surface area (Å²) in [5.41, 5.74) is 3.62. The largest absolute Gasteiger partial charge is 0.302 e. The van der Waals surface area contributed by atoms with Crippen molar-refractivity contribution in [2.45, 2.75) is 6.54 Å². The van der Waals surface area contributed by atoms with E-state index in [1.807, 2.05) is 59.1 Å². The second-order valence-electron chi connectivity index (χ2n) is 6.09. The van der Waals surface area contributed by atoms with Gasteiger partial charge in [-0.1, -0.05) is 24.3 Å². The van der Waals surface area contributed by atoms with E-state index in [1.54, 1.807) is 35.4 Å². The molecule has 0 radical (unpaired) electrons. The Hall–Kier alpha value is -3.91. The van der Waals surface area contributed by atoms with Crippen LogP contribution in [0.5, 0.6) is 0 Å². The third kappa shape index (κ3) is 3.29. The zero-order valence-electron chi connectivity index (χ0n) is 14.5. The van der Waals surface area contributed by atoms with Gasteiger partial charge in [-0.2, -0.15) is 5.26 Å². The Balaban J connectivity index is 1.73. The maximum Gasteiger partial charge on any atom is 0.258 e. The fourth-order valence-corrected chi connectivity index (χ4v) is 3.00. The molecule has 0 aliphatic carbocycles. The summed E-state index contributed by atoms with van der Waals surface area (Å²) in [6, 6.07) is 24.1. The van der Waals surface area contributed by atoms with Gasteiger partial charge in [0.15, 0.2) is 0 Å². The number of fused-ring (bicyclic) bond motifs is 1. The zero-order chi connectivity index (χ0) is 18.6. The van der Waals surface area contributed by atoms with Crippen molar-refractivity contribution in [1.29, 1.82) is 5.26 Å². The number of pyridine rings is 1. The molecule has 2 aromatic heterocycles. The normalized spacial score (nSPS) is 10.5. The van der Waals surface area contributed by atoms with Crippen LogP contribution in [0, 0.1) is 11.3 Å². The van der Waals surface area contributed by atoms with E-state index in [9.17, 15) is 4.79 Å². The lowest BCUT2D eigenvalue weighted by Crippen LogP contribution is -2.30. The maximum absolute atomic E-state index is 13.2. The van der Waals surface area contributed by atoms with Gasteiger partial charge in [-0.15, -0.1) is 0 Å². The summed E-state index contributed by atoms with van der Waals surface area (Å²) in [7, 11) is 0. The number of nitrogens with zero attached hydrogens (tertiary/aromatic N) is 4. The molecule has 0 aliphatic heterocycles. The summed E-state index contributed by atoms with van der Waals surface area (Å²) in [6.07, 6.45) is 3.73. The van der Waals surface area contributed by atoms with Gasteiger partial charge < -0.3 is 9.30 Å². The molecule has 130 valence electrons. The van der Waals surface area contributed by atoms with Crippen molar-refractivity contribution in [2.24, 2.45) is 0 Å². The first kappa shape index (κ1) is 16.6. The molecule has 5 heteroatoms. The summed E-state index contributed by atoms with van der Waals surface area (Å²) < 4.78 is 1.97. The van der Waals surface area contributed by atoms with Crippen LogP contribution in [0.3, 0.4) is 0 Å². The first-order valence-corrected chi connectivity index (χ1v) is 8.54. The highest BCUT2D eigenvalue weighted by atomic mass is 16.2. The second-order valence-corrected chi connectivity index (χ2v) is 6.09. The van der Waals surface area contributed by atoms with Crippen LogP contribution < -0.4 is 4.90 Å². The van der Waals surface area contributed by atoms with E-state index >= 15 is 0 Å². The maximum atomic E-state index is 13.2. The topological polar surface area (TPSA) is 61.4 Å². The van der Waals surface area contributed by atoms with E-state index in [0.717, 1.165) is 17.0 Å². The predicted octanol–water partition coefficient (Wildman–Crippen LogP) is 4.05. The Morgan fingerprint density at radius 1 is 1.00 bits per heavy atom. The number of carbonyl (C=O) groups excluding carboxylic acids is 1. The van der Waals surface area contributed by atoms with Crippen molar-refractivity contribution in [3.05, 3.63) is 102 Å². The molecule has 1 amide bonds. The van der Waals surface area contributed by atoms with Gasteiger partial charge in [-0.05, 0) is 48.5 Å². The molecule has 0 spiro atoms. The van der Waals surface area contributed by atoms with E-state index in [-0.39, 0.29) is 5.91 Å². The number of imidazole rings is 1. The fraction of sp³-hybridized carbons (Fsp3) is 0.0455. The molecular weight excluding hydrogens is 336 g/mol. The van der Waals surface area contributed by atoms with Gasteiger partial charge in [-0.25, -0.2) is 4.98 Å². The molecule has 0 aliphatic rings. The van der Waals surface area contributed by atoms with E-state index < -0.39 is 0 Å². The first-order chi connectivity index (χ1) is 13.3. The molecule has 0 atom stereocenters. The van der Waals surface area contributed by atoms with E-state index in [4.69, 9.17) is 5.26 Å². The van der Waals surface area contributed by atoms with Crippen LogP contribution in [-0.2, 0) is 6.54 Å². The number of amides is 1. The quantitative estimate of drug-likeness (QED) is 0.556. The number of aromatic nitrogens is 2. The predicted molar refractivity (Wildman–Crippen MR) is 103 cm³/mol. The van der Waals surface area contributed by atoms with Crippen molar-refractivity contribution >= 4 is 17.2 Å². The Kier molecular flexibility index (Phi) is 4.38. The molecule has 2 aromatic carbocycles. The average Bonchev–Trinajstić information content (AvgIpc) is 3.15. The van der Waals surface area contributed by atoms with Crippen molar-refractivity contribution < 1.29 is 4.79 Å². The molecule has 0 N–H and O–H groups in total. The van der Waals surface area contributed by atoms with Crippen molar-refractivity contribution in [1.82, 2.24) is 9.38 Å². The Bertz CT molecular complexity index is 1120. The van der Waals surface area contributed by atoms with E-state index in [2.05, 4.69) is 11.1 Å². The summed E-state index contributed by atoms with van der Waals surface area (Å²) in [4.78, 5) is 19.3. The molecule has 0 unspecified atom stereocenters. The number of para-hydroxylation sites is 1. The van der Waals surface area contributed by atoms with Crippen LogP contribution in [-0.4, -0.2) is 15.3 Å². The van der Waals surface area contributed by atoms with Gasteiger partial charge in [0.1, 0.15) is 5.65 Å². The Morgan fingerprint density at radius 2 is 1.74 bits per heavy atom. The minimum atomic E-state index is -0.128. The smallest absolute Gasteiger partial charge is 0.258 e. The van der Waals surface area contributed by atoms with E-state index in [1.165, 1.54) is 0 Å². The molecule has 0 fully saturated rings. The minimum absolute atomic E-state index is 0.128. The van der Waals surface area contributed by atoms with Gasteiger partial charge in [0, 0.05) is 17.4 Å². The summed E-state index contributed by atoms with van der Waals surface area (Å²) in [5.74, 6) is -0.128. The number of hydrogen-bond donors (Lipinski definition) is 0. The summed E-state index contributed by atoms with van der Waals surface area (Å²) in [6.45, 7) is 0.383. The summed E-state index contributed by atoms with van der Waals surface area (Å²) >= 11 is 0. The van der Waals surface area contributed by atoms with Crippen LogP contribution in [0.4, 0.5) is 5.69 Å². The molecule has 0 saturated carbocycles. The molecule has 4 aromatic rings. The molecule has 0 bridgehead atoms. The lowest BCUT2D eigenvalue weighted by Gasteiger charge is -2.23. The second kappa shape index (κ2) is 7.14. The van der Waals surface area contributed by atoms with E-state index in [0.29, 0.717) is 17.7 Å². The Labute approximate surface area is 156 Å². The summed E-state index contributed by atoms with van der Waals surface area (Å²) in [5, 5.41) is 8.97. The van der Waals surface area contributed by atoms with Gasteiger partial charge in [0.05, 0.1) is 30.1 Å². The third-order valence-electron chi connectivity index (χ3n) is 4.39. The van der Waals surface area contributed by atoms with Gasteiger partial charge in [-0.3, -0.25) is 4.79 Å². The van der Waals surface area contributed by atoms with Crippen LogP contribution in [0.1, 0.15) is 21.6 Å². The number of rotatable bonds is 4. The molecule has 27 heavy (non-hydrogen) atoms. The van der Waals surface area contributed by atoms with Crippen molar-refractivity contribution in [2.75, 3.05) is 4.90 Å². The number of anilines is 1. The third-order valence-corrected chi connectivity index (χ3v) is 4.39. The van der Waals surface area contributed by atoms with Gasteiger partial charge in [0.25, 0.3) is 5.91 Å². The van der Waals surface area contributed by atoms with Crippen molar-refractivity contribution in [3.63, 3.8) is 0 Å². The van der Waals surface area contributed by atoms with Crippen LogP contribution in [0.2, 0.25) is 0 Å². The number of benzene rings is 2. The number of nitriles is 1. The highest BCUT2D eigenvalue weighted by molar-refractivity contribution is 6.06. The zero-order valence-corrected chi connectivity index (χ0v) is 14.5. The average molecular weight is 352 g/mol. The highest BCUT2D eigenvalue weighted by Gasteiger charge is 2.19. The van der Waals surface area contributed by atoms with Gasteiger partial charge >= 0.3 is 0 Å². The lowest BCUT2D eigenvalue weighted by molar-refractivity contribution is 0.0985. The van der Waals surface area contributed by atoms with Crippen LogP contribution in [0.25, 0.3) is 5.65 Å². The van der Waals surface area contributed by atoms with Crippen LogP contribution >= 0.6 is 0 Å². The SMILES string of the molecule is N#Cc1ccc(C(=O)N(Cc2cnc3ccccn23)c2ccccc2)cc1. The van der Waals surface area contributed by atoms with Crippen LogP contribution in [0.15, 0.2) is 85.2 Å². The fourth-order valence-electron chi connectivity index (χ4n) is 3.00. The minimum Gasteiger partial charge on any atom is -0.302 e. The number of hydrogen-bond acceptors (Lipinski definition) is 3. The molecule has 5 nitrogen and oxygen atoms in total. The number of carbonyl (C=O) groups is 1.